The third-order valence-electron chi connectivity index (χ3n) is 6.38. The largest absolute Gasteiger partial charge is 0.493 e. The van der Waals surface area contributed by atoms with Gasteiger partial charge >= 0.3 is 18.0 Å². The zero-order chi connectivity index (χ0) is 30.9. The molecule has 0 N–H and O–H groups in total. The lowest BCUT2D eigenvalue weighted by atomic mass is 10.2. The van der Waals surface area contributed by atoms with E-state index in [1.165, 1.54) is 17.0 Å². The Hall–Kier alpha value is -4.88. The van der Waals surface area contributed by atoms with E-state index in [4.69, 9.17) is 18.7 Å². The number of rotatable bonds is 12. The first kappa shape index (κ1) is 30.6. The minimum Gasteiger partial charge on any atom is -0.493 e. The number of nitrogens with zero attached hydrogens (tertiary/aromatic N) is 5. The molecule has 13 heteroatoms. The molecule has 0 saturated carbocycles. The van der Waals surface area contributed by atoms with E-state index in [1.807, 2.05) is 79.7 Å². The fourth-order valence-electron chi connectivity index (χ4n) is 4.17. The van der Waals surface area contributed by atoms with Crippen molar-refractivity contribution in [2.45, 2.75) is 12.3 Å². The molecular formula is C31H31N5O7S. The smallest absolute Gasteiger partial charge is 0.442 e. The van der Waals surface area contributed by atoms with Gasteiger partial charge in [-0.25, -0.2) is 14.4 Å². The van der Waals surface area contributed by atoms with Gasteiger partial charge in [0.05, 0.1) is 12.4 Å². The van der Waals surface area contributed by atoms with Gasteiger partial charge in [0.1, 0.15) is 11.4 Å². The van der Waals surface area contributed by atoms with Gasteiger partial charge in [-0.1, -0.05) is 48.5 Å². The molecule has 0 atom stereocenters. The van der Waals surface area contributed by atoms with Gasteiger partial charge in [-0.15, -0.1) is 27.0 Å². The number of benzene rings is 3. The standard InChI is InChI=1S/C31H31N5O7S/c1-34(2)15-16-35(20-22-9-5-3-6-10-22)31(39)36-25-14-13-23(19-26(25)41-29(37)30(38)43-36)28-33-32-27(42-28)21-44-18-17-40-24-11-7-4-8-12-24/h3-14,19H,15-18,20-21H2,1-2H3. The number of anilines is 1. The Labute approximate surface area is 258 Å². The number of para-hydroxylation sites is 1. The van der Waals surface area contributed by atoms with Crippen LogP contribution in [0.5, 0.6) is 11.5 Å². The molecule has 2 heterocycles. The molecule has 5 rings (SSSR count). The molecule has 44 heavy (non-hydrogen) atoms. The summed E-state index contributed by atoms with van der Waals surface area (Å²) in [6.07, 6.45) is 0. The second-order valence-corrected chi connectivity index (χ2v) is 11.1. The number of hydroxylamine groups is 1. The third-order valence-corrected chi connectivity index (χ3v) is 7.29. The topological polar surface area (TPSA) is 128 Å². The number of carbonyl (C=O) groups excluding carboxylic acids is 3. The maximum absolute atomic E-state index is 13.8. The summed E-state index contributed by atoms with van der Waals surface area (Å²) in [5.41, 5.74) is 1.40. The van der Waals surface area contributed by atoms with Gasteiger partial charge in [-0.2, -0.15) is 0 Å². The molecule has 12 nitrogen and oxygen atoms in total. The second kappa shape index (κ2) is 14.5. The molecule has 0 aliphatic carbocycles. The number of urea groups is 1. The van der Waals surface area contributed by atoms with Crippen molar-refractivity contribution in [2.24, 2.45) is 0 Å². The van der Waals surface area contributed by atoms with Gasteiger partial charge in [-0.05, 0) is 50.0 Å². The van der Waals surface area contributed by atoms with Crippen molar-refractivity contribution in [3.05, 3.63) is 90.3 Å². The molecule has 1 aromatic heterocycles. The highest BCUT2D eigenvalue weighted by Crippen LogP contribution is 2.36. The molecule has 1 aliphatic rings. The molecule has 4 aromatic rings. The van der Waals surface area contributed by atoms with Crippen molar-refractivity contribution in [1.29, 1.82) is 0 Å². The van der Waals surface area contributed by atoms with Crippen molar-refractivity contribution >= 4 is 35.4 Å². The third kappa shape index (κ3) is 7.94. The van der Waals surface area contributed by atoms with Crippen LogP contribution in [0.4, 0.5) is 10.5 Å². The summed E-state index contributed by atoms with van der Waals surface area (Å²) in [5, 5.41) is 9.01. The zero-order valence-electron chi connectivity index (χ0n) is 24.3. The molecule has 0 saturated heterocycles. The molecular weight excluding hydrogens is 586 g/mol. The second-order valence-electron chi connectivity index (χ2n) is 9.95. The van der Waals surface area contributed by atoms with Crippen molar-refractivity contribution in [3.63, 3.8) is 0 Å². The predicted octanol–water partition coefficient (Wildman–Crippen LogP) is 4.42. The number of amides is 2. The summed E-state index contributed by atoms with van der Waals surface area (Å²) in [7, 11) is 3.78. The maximum atomic E-state index is 13.8. The molecule has 3 aromatic carbocycles. The van der Waals surface area contributed by atoms with E-state index in [0.29, 0.717) is 36.9 Å². The van der Waals surface area contributed by atoms with Gasteiger partial charge < -0.3 is 28.5 Å². The molecule has 0 unspecified atom stereocenters. The van der Waals surface area contributed by atoms with Crippen LogP contribution in [-0.2, 0) is 26.7 Å². The van der Waals surface area contributed by atoms with Crippen molar-refractivity contribution in [2.75, 3.05) is 44.6 Å². The van der Waals surface area contributed by atoms with E-state index in [2.05, 4.69) is 10.2 Å². The summed E-state index contributed by atoms with van der Waals surface area (Å²) in [4.78, 5) is 47.4. The highest BCUT2D eigenvalue weighted by molar-refractivity contribution is 7.98. The first-order valence-corrected chi connectivity index (χ1v) is 15.0. The molecule has 2 amide bonds. The summed E-state index contributed by atoms with van der Waals surface area (Å²) in [5.74, 6) is -0.0585. The average molecular weight is 618 g/mol. The van der Waals surface area contributed by atoms with Crippen LogP contribution in [-0.4, -0.2) is 77.5 Å². The minimum absolute atomic E-state index is 0.0637. The lowest BCUT2D eigenvalue weighted by Crippen LogP contribution is -2.46. The molecule has 228 valence electrons. The molecule has 1 aliphatic heterocycles. The van der Waals surface area contributed by atoms with Crippen LogP contribution >= 0.6 is 11.8 Å². The van der Waals surface area contributed by atoms with Gasteiger partial charge in [-0.3, -0.25) is 0 Å². The van der Waals surface area contributed by atoms with Crippen molar-refractivity contribution in [3.8, 4) is 23.0 Å². The van der Waals surface area contributed by atoms with Gasteiger partial charge in [0.15, 0.2) is 5.75 Å². The van der Waals surface area contributed by atoms with E-state index in [1.54, 1.807) is 17.8 Å². The lowest BCUT2D eigenvalue weighted by Gasteiger charge is -2.29. The number of hydrogen-bond donors (Lipinski definition) is 0. The Balaban J connectivity index is 1.30. The first-order valence-electron chi connectivity index (χ1n) is 13.8. The average Bonchev–Trinajstić information content (AvgIpc) is 3.46. The molecule has 0 bridgehead atoms. The number of hydrogen-bond acceptors (Lipinski definition) is 11. The monoisotopic (exact) mass is 617 g/mol. The summed E-state index contributed by atoms with van der Waals surface area (Å²) >= 11 is 1.58. The predicted molar refractivity (Wildman–Crippen MR) is 163 cm³/mol. The van der Waals surface area contributed by atoms with Crippen LogP contribution in [0, 0.1) is 0 Å². The SMILES string of the molecule is CN(C)CCN(Cc1ccccc1)C(=O)N1OC(=O)C(=O)Oc2cc(-c3nnc(CSCCOc4ccccc4)o3)ccc21. The minimum atomic E-state index is -1.32. The Morgan fingerprint density at radius 1 is 0.932 bits per heavy atom. The number of thioether (sulfide) groups is 1. The normalized spacial score (nSPS) is 12.8. The Kier molecular flexibility index (Phi) is 10.1. The van der Waals surface area contributed by atoms with Gasteiger partial charge in [0.2, 0.25) is 11.8 Å². The van der Waals surface area contributed by atoms with Crippen molar-refractivity contribution < 1.29 is 33.1 Å². The molecule has 0 fully saturated rings. The van der Waals surface area contributed by atoms with E-state index in [-0.39, 0.29) is 23.9 Å². The lowest BCUT2D eigenvalue weighted by molar-refractivity contribution is -0.161. The van der Waals surface area contributed by atoms with E-state index in [0.717, 1.165) is 22.1 Å². The van der Waals surface area contributed by atoms with E-state index in [9.17, 15) is 14.4 Å². The number of esters is 1. The number of fused-ring (bicyclic) bond motifs is 1. The number of ether oxygens (including phenoxy) is 2. The van der Waals surface area contributed by atoms with Crippen LogP contribution in [0.3, 0.4) is 0 Å². The van der Waals surface area contributed by atoms with E-state index < -0.39 is 18.0 Å². The van der Waals surface area contributed by atoms with Gasteiger partial charge in [0, 0.05) is 31.0 Å². The van der Waals surface area contributed by atoms with Crippen LogP contribution in [0.2, 0.25) is 0 Å². The number of likely N-dealkylation sites (N-methyl/N-ethyl adjacent to an activating group) is 1. The summed E-state index contributed by atoms with van der Waals surface area (Å²) < 4.78 is 16.8. The quantitative estimate of drug-likeness (QED) is 0.0970. The number of carbonyl (C=O) groups is 3. The first-order chi connectivity index (χ1) is 21.4. The Bertz CT molecular complexity index is 1580. The molecule has 0 spiro atoms. The van der Waals surface area contributed by atoms with Crippen LogP contribution < -0.4 is 14.5 Å². The summed E-state index contributed by atoms with van der Waals surface area (Å²) in [6, 6.07) is 22.9. The van der Waals surface area contributed by atoms with Crippen LogP contribution in [0.25, 0.3) is 11.5 Å². The van der Waals surface area contributed by atoms with E-state index >= 15 is 0 Å². The van der Waals surface area contributed by atoms with Gasteiger partial charge in [0.25, 0.3) is 0 Å². The summed E-state index contributed by atoms with van der Waals surface area (Å²) in [6.45, 7) is 1.67. The van der Waals surface area contributed by atoms with Crippen molar-refractivity contribution in [1.82, 2.24) is 20.0 Å². The fraction of sp³-hybridized carbons (Fsp3) is 0.258. The van der Waals surface area contributed by atoms with Crippen LogP contribution in [0.15, 0.2) is 83.3 Å². The zero-order valence-corrected chi connectivity index (χ0v) is 25.1. The number of aromatic nitrogens is 2. The highest BCUT2D eigenvalue weighted by atomic mass is 32.2. The fourth-order valence-corrected chi connectivity index (χ4v) is 4.80. The Morgan fingerprint density at radius 2 is 1.68 bits per heavy atom. The maximum Gasteiger partial charge on any atom is 0.442 e. The Morgan fingerprint density at radius 3 is 2.43 bits per heavy atom. The molecule has 0 radical (unpaired) electrons. The van der Waals surface area contributed by atoms with Crippen LogP contribution in [0.1, 0.15) is 11.5 Å². The highest BCUT2D eigenvalue weighted by Gasteiger charge is 2.36.